The smallest absolute Gasteiger partial charge is 0.294 e. The topological polar surface area (TPSA) is 75.7 Å². The van der Waals surface area contributed by atoms with Crippen LogP contribution in [0.1, 0.15) is 27.8 Å². The van der Waals surface area contributed by atoms with Crippen molar-refractivity contribution >= 4 is 51.4 Å². The number of anilines is 1. The molecule has 1 aliphatic rings. The first-order valence-electron chi connectivity index (χ1n) is 12.6. The lowest BCUT2D eigenvalue weighted by Crippen LogP contribution is -2.36. The molecule has 0 atom stereocenters. The number of hydrogen-bond acceptors (Lipinski definition) is 5. The molecule has 4 aromatic rings. The van der Waals surface area contributed by atoms with E-state index in [-0.39, 0.29) is 11.4 Å². The molecule has 196 valence electrons. The summed E-state index contributed by atoms with van der Waals surface area (Å²) in [5, 5.41) is 4.74. The van der Waals surface area contributed by atoms with Gasteiger partial charge in [-0.2, -0.15) is 0 Å². The maximum absolute atomic E-state index is 12.9. The van der Waals surface area contributed by atoms with E-state index in [1.165, 1.54) is 10.8 Å². The van der Waals surface area contributed by atoms with Gasteiger partial charge < -0.3 is 10.1 Å². The van der Waals surface area contributed by atoms with E-state index in [0.29, 0.717) is 18.0 Å². The molecular formula is C32H28N2O4S. The molecule has 6 nitrogen and oxygen atoms in total. The monoisotopic (exact) mass is 536 g/mol. The molecule has 7 heteroatoms. The molecule has 0 bridgehead atoms. The number of fused-ring (bicyclic) bond motifs is 1. The van der Waals surface area contributed by atoms with Gasteiger partial charge in [0.1, 0.15) is 18.9 Å². The molecule has 1 N–H and O–H groups in total. The van der Waals surface area contributed by atoms with Crippen molar-refractivity contribution in [2.24, 2.45) is 0 Å². The fourth-order valence-electron chi connectivity index (χ4n) is 4.64. The average molecular weight is 537 g/mol. The molecule has 1 saturated heterocycles. The molecular weight excluding hydrogens is 508 g/mol. The summed E-state index contributed by atoms with van der Waals surface area (Å²) < 4.78 is 5.94. The summed E-state index contributed by atoms with van der Waals surface area (Å²) in [6.07, 6.45) is 1.66. The number of carbonyl (C=O) groups is 3. The van der Waals surface area contributed by atoms with Crippen molar-refractivity contribution in [3.63, 3.8) is 0 Å². The second-order valence-electron chi connectivity index (χ2n) is 9.63. The normalized spacial score (nSPS) is 14.3. The summed E-state index contributed by atoms with van der Waals surface area (Å²) in [7, 11) is 0. The summed E-state index contributed by atoms with van der Waals surface area (Å²) in [6.45, 7) is 5.92. The zero-order valence-electron chi connectivity index (χ0n) is 22.0. The molecule has 4 aromatic carbocycles. The van der Waals surface area contributed by atoms with Crippen molar-refractivity contribution in [2.45, 2.75) is 27.4 Å². The Labute approximate surface area is 231 Å². The van der Waals surface area contributed by atoms with E-state index in [9.17, 15) is 14.4 Å². The Morgan fingerprint density at radius 3 is 2.31 bits per heavy atom. The fraction of sp³-hybridized carbons (Fsp3) is 0.156. The third-order valence-corrected chi connectivity index (χ3v) is 7.42. The first kappa shape index (κ1) is 26.3. The molecule has 0 saturated carbocycles. The van der Waals surface area contributed by atoms with Crippen molar-refractivity contribution < 1.29 is 19.1 Å². The summed E-state index contributed by atoms with van der Waals surface area (Å²) in [5.74, 6) is -0.192. The van der Waals surface area contributed by atoms with Gasteiger partial charge in [0.05, 0.1) is 4.91 Å². The minimum Gasteiger partial charge on any atom is -0.489 e. The number of benzene rings is 4. The van der Waals surface area contributed by atoms with E-state index < -0.39 is 17.1 Å². The summed E-state index contributed by atoms with van der Waals surface area (Å²) >= 11 is 0.833. The maximum atomic E-state index is 12.9. The Hall–Kier alpha value is -4.36. The minimum atomic E-state index is -0.478. The third-order valence-electron chi connectivity index (χ3n) is 6.51. The van der Waals surface area contributed by atoms with Crippen LogP contribution in [0.5, 0.6) is 5.75 Å². The van der Waals surface area contributed by atoms with Crippen molar-refractivity contribution in [1.82, 2.24) is 4.90 Å². The van der Waals surface area contributed by atoms with Crippen LogP contribution in [0.15, 0.2) is 83.8 Å². The molecule has 5 rings (SSSR count). The Morgan fingerprint density at radius 1 is 0.897 bits per heavy atom. The van der Waals surface area contributed by atoms with Gasteiger partial charge in [0.2, 0.25) is 5.91 Å². The number of hydrogen-bond donors (Lipinski definition) is 1. The van der Waals surface area contributed by atoms with E-state index in [1.807, 2.05) is 69.3 Å². The van der Waals surface area contributed by atoms with Crippen molar-refractivity contribution in [3.8, 4) is 5.75 Å². The van der Waals surface area contributed by atoms with Crippen molar-refractivity contribution in [2.75, 3.05) is 11.9 Å². The lowest BCUT2D eigenvalue weighted by atomic mass is 10.1. The molecule has 0 aliphatic carbocycles. The van der Waals surface area contributed by atoms with Gasteiger partial charge >= 0.3 is 0 Å². The van der Waals surface area contributed by atoms with Crippen LogP contribution in [-0.4, -0.2) is 28.5 Å². The van der Waals surface area contributed by atoms with E-state index in [0.717, 1.165) is 44.5 Å². The van der Waals surface area contributed by atoms with Gasteiger partial charge in [0, 0.05) is 5.69 Å². The fourth-order valence-corrected chi connectivity index (χ4v) is 5.48. The second-order valence-corrected chi connectivity index (χ2v) is 10.6. The number of amides is 3. The molecule has 0 spiro atoms. The number of nitrogens with zero attached hydrogens (tertiary/aromatic N) is 1. The summed E-state index contributed by atoms with van der Waals surface area (Å²) in [4.78, 5) is 39.4. The molecule has 0 radical (unpaired) electrons. The number of thioether (sulfide) groups is 1. The number of imide groups is 1. The molecule has 0 unspecified atom stereocenters. The van der Waals surface area contributed by atoms with Crippen LogP contribution >= 0.6 is 11.8 Å². The van der Waals surface area contributed by atoms with Crippen LogP contribution in [-0.2, 0) is 16.2 Å². The lowest BCUT2D eigenvalue weighted by molar-refractivity contribution is -0.127. The Kier molecular flexibility index (Phi) is 7.52. The zero-order chi connectivity index (χ0) is 27.5. The highest BCUT2D eigenvalue weighted by atomic mass is 32.2. The SMILES string of the molecule is Cc1cc(C)c(NC(=O)CN2C(=O)S/C(=C\c3ccc(OCc4ccc5ccccc5c4)cc3)C2=O)c(C)c1. The first-order chi connectivity index (χ1) is 18.8. The van der Waals surface area contributed by atoms with E-state index in [1.54, 1.807) is 6.08 Å². The van der Waals surface area contributed by atoms with Crippen LogP contribution in [0.25, 0.3) is 16.8 Å². The Morgan fingerprint density at radius 2 is 1.59 bits per heavy atom. The average Bonchev–Trinajstić information content (AvgIpc) is 3.17. The highest BCUT2D eigenvalue weighted by molar-refractivity contribution is 8.18. The summed E-state index contributed by atoms with van der Waals surface area (Å²) in [6, 6.07) is 25.7. The van der Waals surface area contributed by atoms with Gasteiger partial charge in [-0.05, 0) is 89.8 Å². The number of carbonyl (C=O) groups excluding carboxylic acids is 3. The number of rotatable bonds is 7. The Balaban J connectivity index is 1.20. The molecule has 0 aromatic heterocycles. The number of nitrogens with one attached hydrogen (secondary N) is 1. The molecule has 39 heavy (non-hydrogen) atoms. The molecule has 1 heterocycles. The van der Waals surface area contributed by atoms with Crippen LogP contribution in [0.4, 0.5) is 10.5 Å². The number of ether oxygens (including phenoxy) is 1. The van der Waals surface area contributed by atoms with Crippen LogP contribution in [0.2, 0.25) is 0 Å². The molecule has 1 aliphatic heterocycles. The van der Waals surface area contributed by atoms with Gasteiger partial charge in [-0.25, -0.2) is 0 Å². The van der Waals surface area contributed by atoms with Crippen molar-refractivity contribution in [1.29, 1.82) is 0 Å². The van der Waals surface area contributed by atoms with E-state index in [4.69, 9.17) is 4.74 Å². The van der Waals surface area contributed by atoms with Gasteiger partial charge in [0.25, 0.3) is 11.1 Å². The quantitative estimate of drug-likeness (QED) is 0.257. The maximum Gasteiger partial charge on any atom is 0.294 e. The largest absolute Gasteiger partial charge is 0.489 e. The Bertz CT molecular complexity index is 1600. The highest BCUT2D eigenvalue weighted by Gasteiger charge is 2.36. The predicted octanol–water partition coefficient (Wildman–Crippen LogP) is 7.02. The van der Waals surface area contributed by atoms with Crippen molar-refractivity contribution in [3.05, 3.63) is 112 Å². The number of aryl methyl sites for hydroxylation is 3. The zero-order valence-corrected chi connectivity index (χ0v) is 22.8. The van der Waals surface area contributed by atoms with Crippen LogP contribution in [0.3, 0.4) is 0 Å². The van der Waals surface area contributed by atoms with Crippen LogP contribution < -0.4 is 10.1 Å². The first-order valence-corrected chi connectivity index (χ1v) is 13.4. The van der Waals surface area contributed by atoms with E-state index in [2.05, 4.69) is 35.6 Å². The van der Waals surface area contributed by atoms with Gasteiger partial charge in [-0.15, -0.1) is 0 Å². The van der Waals surface area contributed by atoms with Gasteiger partial charge in [0.15, 0.2) is 0 Å². The highest BCUT2D eigenvalue weighted by Crippen LogP contribution is 2.32. The molecule has 3 amide bonds. The van der Waals surface area contributed by atoms with Gasteiger partial charge in [-0.3, -0.25) is 19.3 Å². The summed E-state index contributed by atoms with van der Waals surface area (Å²) in [5.41, 5.74) is 5.50. The third kappa shape index (κ3) is 6.04. The predicted molar refractivity (Wildman–Crippen MR) is 157 cm³/mol. The molecule has 1 fully saturated rings. The van der Waals surface area contributed by atoms with Gasteiger partial charge in [-0.1, -0.05) is 66.2 Å². The minimum absolute atomic E-state index is 0.278. The standard InChI is InChI=1S/C32H28N2O4S/c1-20-14-21(2)30(22(3)15-20)33-29(35)18-34-31(36)28(39-32(34)37)17-23-9-12-27(13-10-23)38-19-24-8-11-25-6-4-5-7-26(25)16-24/h4-17H,18-19H2,1-3H3,(H,33,35)/b28-17-. The van der Waals surface area contributed by atoms with E-state index >= 15 is 0 Å². The lowest BCUT2D eigenvalue weighted by Gasteiger charge is -2.15. The van der Waals surface area contributed by atoms with Crippen LogP contribution in [0, 0.1) is 20.8 Å². The second kappa shape index (κ2) is 11.2.